The molecule has 0 saturated carbocycles. The highest BCUT2D eigenvalue weighted by molar-refractivity contribution is 4.97. The summed E-state index contributed by atoms with van der Waals surface area (Å²) in [6.45, 7) is -0.0898. The molecule has 43 valence electrons. The van der Waals surface area contributed by atoms with Gasteiger partial charge in [0.15, 0.2) is 0 Å². The maximum absolute atomic E-state index is 9.94. The molecule has 0 spiro atoms. The maximum Gasteiger partial charge on any atom is 0.106 e. The van der Waals surface area contributed by atoms with Gasteiger partial charge < -0.3 is 4.42 Å². The molecule has 0 aromatic carbocycles. The Morgan fingerprint density at radius 1 is 1.62 bits per heavy atom. The van der Waals surface area contributed by atoms with Gasteiger partial charge in [0, 0.05) is 6.42 Å². The van der Waals surface area contributed by atoms with E-state index in [0.717, 1.165) is 5.76 Å². The molecule has 1 heterocycles. The molecule has 2 nitrogen and oxygen atoms in total. The third-order valence-corrected chi connectivity index (χ3v) is 0.929. The summed E-state index contributed by atoms with van der Waals surface area (Å²) < 4.78 is 4.87. The van der Waals surface area contributed by atoms with Crippen LogP contribution in [0.2, 0.25) is 0 Å². The largest absolute Gasteiger partial charge is 0.469 e. The second-order valence-electron chi connectivity index (χ2n) is 1.53. The van der Waals surface area contributed by atoms with Crippen LogP contribution in [0, 0.1) is 0 Å². The van der Waals surface area contributed by atoms with Gasteiger partial charge >= 0.3 is 0 Å². The molecule has 0 N–H and O–H groups in total. The van der Waals surface area contributed by atoms with E-state index in [1.54, 1.807) is 18.4 Å². The Hall–Kier alpha value is -0.760. The molecule has 0 saturated heterocycles. The summed E-state index contributed by atoms with van der Waals surface area (Å²) in [4.78, 5) is 0. The van der Waals surface area contributed by atoms with Crippen molar-refractivity contribution in [3.63, 3.8) is 0 Å². The van der Waals surface area contributed by atoms with Gasteiger partial charge in [0.05, 0.1) is 12.9 Å². The van der Waals surface area contributed by atoms with Crippen molar-refractivity contribution in [2.24, 2.45) is 0 Å². The van der Waals surface area contributed by atoms with E-state index in [1.165, 1.54) is 0 Å². The van der Waals surface area contributed by atoms with Gasteiger partial charge in [-0.1, -0.05) is 0 Å². The van der Waals surface area contributed by atoms with E-state index in [4.69, 9.17) is 4.42 Å². The van der Waals surface area contributed by atoms with Crippen molar-refractivity contribution in [3.8, 4) is 0 Å². The van der Waals surface area contributed by atoms with E-state index in [9.17, 15) is 5.11 Å². The molecular formula is C6H7O2. The van der Waals surface area contributed by atoms with Gasteiger partial charge in [0.25, 0.3) is 0 Å². The zero-order chi connectivity index (χ0) is 5.82. The number of hydrogen-bond donors (Lipinski definition) is 0. The summed E-state index contributed by atoms with van der Waals surface area (Å²) in [5.74, 6) is 0.778. The van der Waals surface area contributed by atoms with Crippen molar-refractivity contribution in [2.45, 2.75) is 6.42 Å². The summed E-state index contributed by atoms with van der Waals surface area (Å²) >= 11 is 0. The predicted octanol–water partition coefficient (Wildman–Crippen LogP) is 1.25. The first kappa shape index (κ1) is 5.38. The van der Waals surface area contributed by atoms with Crippen molar-refractivity contribution in [1.82, 2.24) is 0 Å². The third kappa shape index (κ3) is 1.10. The first-order valence-corrected chi connectivity index (χ1v) is 2.54. The topological polar surface area (TPSA) is 33.0 Å². The van der Waals surface area contributed by atoms with Crippen LogP contribution in [0.1, 0.15) is 5.76 Å². The van der Waals surface area contributed by atoms with E-state index in [-0.39, 0.29) is 6.61 Å². The molecule has 0 bridgehead atoms. The molecule has 0 amide bonds. The van der Waals surface area contributed by atoms with E-state index >= 15 is 0 Å². The summed E-state index contributed by atoms with van der Waals surface area (Å²) in [5.41, 5.74) is 0. The van der Waals surface area contributed by atoms with E-state index < -0.39 is 0 Å². The molecule has 0 aliphatic rings. The molecule has 0 unspecified atom stereocenters. The fourth-order valence-electron chi connectivity index (χ4n) is 0.555. The highest BCUT2D eigenvalue weighted by Gasteiger charge is 1.90. The summed E-state index contributed by atoms with van der Waals surface area (Å²) in [6, 6.07) is 3.59. The average molecular weight is 111 g/mol. The molecule has 8 heavy (non-hydrogen) atoms. The lowest BCUT2D eigenvalue weighted by molar-refractivity contribution is 0.191. The minimum atomic E-state index is -0.0898. The molecule has 1 aromatic heterocycles. The second-order valence-corrected chi connectivity index (χ2v) is 1.53. The van der Waals surface area contributed by atoms with Gasteiger partial charge in [-0.15, -0.1) is 0 Å². The Balaban J connectivity index is 2.50. The smallest absolute Gasteiger partial charge is 0.106 e. The molecule has 2 heteroatoms. The first-order chi connectivity index (χ1) is 3.93. The van der Waals surface area contributed by atoms with E-state index in [1.807, 2.05) is 0 Å². The Labute approximate surface area is 47.7 Å². The normalized spacial score (nSPS) is 9.62. The molecular weight excluding hydrogens is 104 g/mol. The maximum atomic E-state index is 9.94. The van der Waals surface area contributed by atoms with Crippen LogP contribution in [0.15, 0.2) is 22.8 Å². The second kappa shape index (κ2) is 2.52. The van der Waals surface area contributed by atoms with Crippen LogP contribution in [0.3, 0.4) is 0 Å². The quantitative estimate of drug-likeness (QED) is 0.565. The molecule has 0 fully saturated rings. The Kier molecular flexibility index (Phi) is 1.70. The van der Waals surface area contributed by atoms with Crippen LogP contribution in [0.4, 0.5) is 0 Å². The van der Waals surface area contributed by atoms with Crippen LogP contribution in [-0.2, 0) is 11.5 Å². The van der Waals surface area contributed by atoms with Gasteiger partial charge in [-0.2, -0.15) is 0 Å². The highest BCUT2D eigenvalue weighted by atomic mass is 16.3. The van der Waals surface area contributed by atoms with Crippen LogP contribution in [-0.4, -0.2) is 6.61 Å². The van der Waals surface area contributed by atoms with Crippen LogP contribution in [0.5, 0.6) is 0 Å². The lowest BCUT2D eigenvalue weighted by Crippen LogP contribution is -1.83. The molecule has 1 radical (unpaired) electrons. The van der Waals surface area contributed by atoms with Crippen molar-refractivity contribution >= 4 is 0 Å². The van der Waals surface area contributed by atoms with Crippen molar-refractivity contribution < 1.29 is 9.52 Å². The lowest BCUT2D eigenvalue weighted by atomic mass is 10.3. The van der Waals surface area contributed by atoms with Crippen LogP contribution >= 0.6 is 0 Å². The van der Waals surface area contributed by atoms with Crippen molar-refractivity contribution in [3.05, 3.63) is 24.2 Å². The van der Waals surface area contributed by atoms with Gasteiger partial charge in [-0.3, -0.25) is 0 Å². The zero-order valence-electron chi connectivity index (χ0n) is 4.46. The SMILES string of the molecule is [O]CCc1ccco1. The Morgan fingerprint density at radius 2 is 2.50 bits per heavy atom. The monoisotopic (exact) mass is 111 g/mol. The molecule has 0 aliphatic heterocycles. The number of hydrogen-bond acceptors (Lipinski definition) is 1. The molecule has 0 atom stereocenters. The Bertz CT molecular complexity index is 132. The van der Waals surface area contributed by atoms with Crippen molar-refractivity contribution in [2.75, 3.05) is 6.61 Å². The number of rotatable bonds is 2. The van der Waals surface area contributed by atoms with E-state index in [2.05, 4.69) is 0 Å². The molecule has 1 aromatic rings. The van der Waals surface area contributed by atoms with Crippen LogP contribution < -0.4 is 0 Å². The van der Waals surface area contributed by atoms with Gasteiger partial charge in [0.2, 0.25) is 0 Å². The molecule has 0 aliphatic carbocycles. The number of furan rings is 1. The van der Waals surface area contributed by atoms with Gasteiger partial charge in [0.1, 0.15) is 5.76 Å². The fourth-order valence-corrected chi connectivity index (χ4v) is 0.555. The minimum Gasteiger partial charge on any atom is -0.469 e. The lowest BCUT2D eigenvalue weighted by Gasteiger charge is -1.83. The average Bonchev–Trinajstić information content (AvgIpc) is 2.19. The first-order valence-electron chi connectivity index (χ1n) is 2.54. The third-order valence-electron chi connectivity index (χ3n) is 0.929. The standard InChI is InChI=1S/C6H7O2/c7-4-3-6-2-1-5-8-6/h1-2,5H,3-4H2. The minimum absolute atomic E-state index is 0.0898. The summed E-state index contributed by atoms with van der Waals surface area (Å²) in [5, 5.41) is 9.94. The van der Waals surface area contributed by atoms with Gasteiger partial charge in [-0.05, 0) is 12.1 Å². The fraction of sp³-hybridized carbons (Fsp3) is 0.333. The van der Waals surface area contributed by atoms with Crippen molar-refractivity contribution in [1.29, 1.82) is 0 Å². The van der Waals surface area contributed by atoms with E-state index in [0.29, 0.717) is 6.42 Å². The zero-order valence-corrected chi connectivity index (χ0v) is 4.46. The van der Waals surface area contributed by atoms with Crippen LogP contribution in [0.25, 0.3) is 0 Å². The Morgan fingerprint density at radius 3 is 3.00 bits per heavy atom. The molecule has 1 rings (SSSR count). The summed E-state index contributed by atoms with van der Waals surface area (Å²) in [6.07, 6.45) is 2.08. The highest BCUT2D eigenvalue weighted by Crippen LogP contribution is 1.98. The predicted molar refractivity (Wildman–Crippen MR) is 28.0 cm³/mol. The summed E-state index contributed by atoms with van der Waals surface area (Å²) in [7, 11) is 0. The van der Waals surface area contributed by atoms with Gasteiger partial charge in [-0.25, -0.2) is 5.11 Å².